The molecule has 1 saturated heterocycles. The summed E-state index contributed by atoms with van der Waals surface area (Å²) in [7, 11) is 1.75. The molecule has 160 valence electrons. The molecule has 0 aromatic heterocycles. The maximum atomic E-state index is 12.4. The number of hydrogen-bond donors (Lipinski definition) is 2. The molecule has 0 spiro atoms. The normalized spacial score (nSPS) is 15.2. The molecule has 0 unspecified atom stereocenters. The van der Waals surface area contributed by atoms with Gasteiger partial charge in [-0.15, -0.1) is 0 Å². The first kappa shape index (κ1) is 21.8. The second-order valence-electron chi connectivity index (χ2n) is 7.86. The lowest BCUT2D eigenvalue weighted by atomic mass is 9.74. The number of benzene rings is 2. The molecule has 1 aliphatic rings. The smallest absolute Gasteiger partial charge is 0.317 e. The predicted octanol–water partition coefficient (Wildman–Crippen LogP) is 3.08. The van der Waals surface area contributed by atoms with Gasteiger partial charge >= 0.3 is 6.03 Å². The number of hydrogen-bond acceptors (Lipinski definition) is 3. The van der Waals surface area contributed by atoms with Gasteiger partial charge in [0, 0.05) is 51.7 Å². The zero-order valence-corrected chi connectivity index (χ0v) is 17.6. The third kappa shape index (κ3) is 6.07. The van der Waals surface area contributed by atoms with Gasteiger partial charge in [-0.25, -0.2) is 4.79 Å². The second-order valence-corrected chi connectivity index (χ2v) is 7.86. The van der Waals surface area contributed by atoms with Crippen molar-refractivity contribution in [1.82, 2.24) is 15.5 Å². The molecule has 1 aliphatic heterocycles. The average molecular weight is 410 g/mol. The van der Waals surface area contributed by atoms with E-state index in [4.69, 9.17) is 4.74 Å². The summed E-state index contributed by atoms with van der Waals surface area (Å²) in [5, 5.41) is 5.89. The molecule has 2 aromatic rings. The Hall–Kier alpha value is -2.86. The number of nitrogens with zero attached hydrogens (tertiary/aromatic N) is 1. The molecule has 3 rings (SSSR count). The Bertz CT molecular complexity index is 805. The molecule has 0 saturated carbocycles. The summed E-state index contributed by atoms with van der Waals surface area (Å²) in [6.45, 7) is 2.83. The van der Waals surface area contributed by atoms with Crippen molar-refractivity contribution in [3.05, 3.63) is 71.8 Å². The van der Waals surface area contributed by atoms with Crippen LogP contribution in [0, 0.1) is 0 Å². The maximum Gasteiger partial charge on any atom is 0.317 e. The Balaban J connectivity index is 1.43. The van der Waals surface area contributed by atoms with Crippen molar-refractivity contribution >= 4 is 11.9 Å². The van der Waals surface area contributed by atoms with Crippen molar-refractivity contribution in [3.8, 4) is 0 Å². The fraction of sp³-hybridized carbons (Fsp3) is 0.417. The van der Waals surface area contributed by atoms with Crippen LogP contribution in [0.3, 0.4) is 0 Å². The van der Waals surface area contributed by atoms with Crippen LogP contribution < -0.4 is 10.6 Å². The van der Waals surface area contributed by atoms with Crippen molar-refractivity contribution in [3.63, 3.8) is 0 Å². The topological polar surface area (TPSA) is 70.7 Å². The van der Waals surface area contributed by atoms with Crippen LogP contribution in [0.5, 0.6) is 0 Å². The molecule has 2 aromatic carbocycles. The first-order valence-electron chi connectivity index (χ1n) is 10.5. The SMILES string of the molecule is CN(Cc1ccccc1)C(=O)NCCC(=O)NCC1(c2ccccc2)CCOCC1. The highest BCUT2D eigenvalue weighted by Gasteiger charge is 2.34. The van der Waals surface area contributed by atoms with Crippen molar-refractivity contribution in [1.29, 1.82) is 0 Å². The van der Waals surface area contributed by atoms with Gasteiger partial charge in [0.2, 0.25) is 5.91 Å². The van der Waals surface area contributed by atoms with Gasteiger partial charge in [-0.3, -0.25) is 4.79 Å². The van der Waals surface area contributed by atoms with Crippen molar-refractivity contribution < 1.29 is 14.3 Å². The van der Waals surface area contributed by atoms with Crippen LogP contribution in [0.4, 0.5) is 4.79 Å². The molecule has 0 aliphatic carbocycles. The fourth-order valence-corrected chi connectivity index (χ4v) is 3.82. The molecule has 0 atom stereocenters. The molecule has 30 heavy (non-hydrogen) atoms. The summed E-state index contributed by atoms with van der Waals surface area (Å²) in [5.74, 6) is -0.0530. The quantitative estimate of drug-likeness (QED) is 0.704. The van der Waals surface area contributed by atoms with Crippen molar-refractivity contribution in [2.24, 2.45) is 0 Å². The molecule has 6 heteroatoms. The zero-order chi connectivity index (χ0) is 21.2. The molecular weight excluding hydrogens is 378 g/mol. The van der Waals surface area contributed by atoms with E-state index in [1.54, 1.807) is 11.9 Å². The first-order valence-corrected chi connectivity index (χ1v) is 10.5. The lowest BCUT2D eigenvalue weighted by Gasteiger charge is -2.38. The van der Waals surface area contributed by atoms with E-state index in [9.17, 15) is 9.59 Å². The lowest BCUT2D eigenvalue weighted by molar-refractivity contribution is -0.121. The molecule has 6 nitrogen and oxygen atoms in total. The zero-order valence-electron chi connectivity index (χ0n) is 17.6. The summed E-state index contributed by atoms with van der Waals surface area (Å²) < 4.78 is 5.54. The van der Waals surface area contributed by atoms with Gasteiger partial charge in [0.05, 0.1) is 0 Å². The minimum atomic E-state index is -0.183. The van der Waals surface area contributed by atoms with Gasteiger partial charge in [-0.2, -0.15) is 0 Å². The summed E-state index contributed by atoms with van der Waals surface area (Å²) in [4.78, 5) is 26.2. The van der Waals surface area contributed by atoms with Gasteiger partial charge in [-0.05, 0) is 24.0 Å². The Labute approximate surface area is 178 Å². The van der Waals surface area contributed by atoms with Crippen LogP contribution in [-0.4, -0.2) is 50.2 Å². The van der Waals surface area contributed by atoms with E-state index in [0.717, 1.165) is 18.4 Å². The number of carbonyl (C=O) groups is 2. The number of ether oxygens (including phenoxy) is 1. The van der Waals surface area contributed by atoms with E-state index in [0.29, 0.717) is 32.8 Å². The van der Waals surface area contributed by atoms with E-state index in [1.807, 2.05) is 48.5 Å². The van der Waals surface area contributed by atoms with Gasteiger partial charge in [0.15, 0.2) is 0 Å². The van der Waals surface area contributed by atoms with Crippen LogP contribution in [0.2, 0.25) is 0 Å². The van der Waals surface area contributed by atoms with Crippen LogP contribution in [-0.2, 0) is 21.5 Å². The Kier molecular flexibility index (Phi) is 7.85. The Morgan fingerprint density at radius 3 is 2.27 bits per heavy atom. The van der Waals surface area contributed by atoms with E-state index < -0.39 is 0 Å². The lowest BCUT2D eigenvalue weighted by Crippen LogP contribution is -2.45. The number of carbonyl (C=O) groups excluding carboxylic acids is 2. The number of urea groups is 1. The third-order valence-corrected chi connectivity index (χ3v) is 5.70. The van der Waals surface area contributed by atoms with Crippen LogP contribution >= 0.6 is 0 Å². The standard InChI is InChI=1S/C24H31N3O3/c1-27(18-20-8-4-2-5-9-20)23(29)25-15-12-22(28)26-19-24(13-16-30-17-14-24)21-10-6-3-7-11-21/h2-11H,12-19H2,1H3,(H,25,29)(H,26,28). The van der Waals surface area contributed by atoms with Gasteiger partial charge in [-0.1, -0.05) is 60.7 Å². The largest absolute Gasteiger partial charge is 0.381 e. The van der Waals surface area contributed by atoms with Crippen LogP contribution in [0.25, 0.3) is 0 Å². The van der Waals surface area contributed by atoms with Crippen molar-refractivity contribution in [2.45, 2.75) is 31.2 Å². The molecule has 0 bridgehead atoms. The average Bonchev–Trinajstić information content (AvgIpc) is 2.79. The second kappa shape index (κ2) is 10.8. The van der Waals surface area contributed by atoms with Crippen LogP contribution in [0.1, 0.15) is 30.4 Å². The highest BCUT2D eigenvalue weighted by Crippen LogP contribution is 2.34. The molecule has 0 radical (unpaired) electrons. The Morgan fingerprint density at radius 1 is 0.967 bits per heavy atom. The van der Waals surface area contributed by atoms with Crippen LogP contribution in [0.15, 0.2) is 60.7 Å². The minimum Gasteiger partial charge on any atom is -0.381 e. The van der Waals surface area contributed by atoms with Gasteiger partial charge in [0.25, 0.3) is 0 Å². The molecular formula is C24H31N3O3. The van der Waals surface area contributed by atoms with E-state index in [-0.39, 0.29) is 23.8 Å². The number of nitrogens with one attached hydrogen (secondary N) is 2. The number of rotatable bonds is 8. The van der Waals surface area contributed by atoms with E-state index in [2.05, 4.69) is 22.8 Å². The molecule has 1 fully saturated rings. The van der Waals surface area contributed by atoms with Crippen molar-refractivity contribution in [2.75, 3.05) is 33.4 Å². The summed E-state index contributed by atoms with van der Waals surface area (Å²) in [6, 6.07) is 20.0. The first-order chi connectivity index (χ1) is 14.6. The van der Waals surface area contributed by atoms with Gasteiger partial charge < -0.3 is 20.3 Å². The maximum absolute atomic E-state index is 12.4. The summed E-state index contributed by atoms with van der Waals surface area (Å²) in [5.41, 5.74) is 2.22. The summed E-state index contributed by atoms with van der Waals surface area (Å²) >= 11 is 0. The predicted molar refractivity (Wildman–Crippen MR) is 117 cm³/mol. The number of amides is 3. The summed E-state index contributed by atoms with van der Waals surface area (Å²) in [6.07, 6.45) is 2.03. The van der Waals surface area contributed by atoms with Gasteiger partial charge in [0.1, 0.15) is 0 Å². The Morgan fingerprint density at radius 2 is 1.60 bits per heavy atom. The highest BCUT2D eigenvalue weighted by atomic mass is 16.5. The third-order valence-electron chi connectivity index (χ3n) is 5.70. The highest BCUT2D eigenvalue weighted by molar-refractivity contribution is 5.78. The minimum absolute atomic E-state index is 0.0530. The van der Waals surface area contributed by atoms with E-state index in [1.165, 1.54) is 5.56 Å². The molecule has 2 N–H and O–H groups in total. The van der Waals surface area contributed by atoms with E-state index >= 15 is 0 Å². The fourth-order valence-electron chi connectivity index (χ4n) is 3.82. The molecule has 3 amide bonds. The monoisotopic (exact) mass is 409 g/mol. The molecule has 1 heterocycles.